The van der Waals surface area contributed by atoms with Crippen molar-refractivity contribution < 1.29 is 10.2 Å². The van der Waals surface area contributed by atoms with Crippen molar-refractivity contribution in [2.24, 2.45) is 0 Å². The Morgan fingerprint density at radius 3 is 2.09 bits per heavy atom. The van der Waals surface area contributed by atoms with Gasteiger partial charge in [-0.2, -0.15) is 0 Å². The molecule has 0 rings (SSSR count). The van der Waals surface area contributed by atoms with Crippen LogP contribution in [0.5, 0.6) is 0 Å². The first-order valence-corrected chi connectivity index (χ1v) is 9.70. The molecule has 0 amide bonds. The molecule has 0 aliphatic rings. The van der Waals surface area contributed by atoms with Gasteiger partial charge < -0.3 is 10.2 Å². The van der Waals surface area contributed by atoms with Crippen LogP contribution >= 0.6 is 0 Å². The highest BCUT2D eigenvalue weighted by molar-refractivity contribution is 5.03. The Balaban J connectivity index is 0. The molecule has 0 saturated carbocycles. The number of aliphatic hydroxyl groups is 2. The molecule has 0 aromatic carbocycles. The van der Waals surface area contributed by atoms with Crippen molar-refractivity contribution in [3.05, 3.63) is 24.3 Å². The predicted molar refractivity (Wildman–Crippen MR) is 104 cm³/mol. The van der Waals surface area contributed by atoms with Gasteiger partial charge in [-0.15, -0.1) is 6.58 Å². The molecular formula is C21H42O2. The van der Waals surface area contributed by atoms with Crippen molar-refractivity contribution in [2.75, 3.05) is 6.61 Å². The fourth-order valence-electron chi connectivity index (χ4n) is 2.38. The van der Waals surface area contributed by atoms with Crippen molar-refractivity contribution in [3.63, 3.8) is 0 Å². The second-order valence-corrected chi connectivity index (χ2v) is 6.29. The van der Waals surface area contributed by atoms with Crippen molar-refractivity contribution in [1.29, 1.82) is 0 Å². The van der Waals surface area contributed by atoms with Crippen LogP contribution < -0.4 is 0 Å². The number of hydrogen-bond acceptors (Lipinski definition) is 2. The molecule has 0 spiro atoms. The number of hydrogen-bond donors (Lipinski definition) is 2. The summed E-state index contributed by atoms with van der Waals surface area (Å²) in [5.41, 5.74) is 1.13. The van der Waals surface area contributed by atoms with Crippen molar-refractivity contribution in [1.82, 2.24) is 0 Å². The number of rotatable bonds is 14. The highest BCUT2D eigenvalue weighted by Crippen LogP contribution is 2.11. The highest BCUT2D eigenvalue weighted by Gasteiger charge is 2.04. The maximum Gasteiger partial charge on any atom is 0.0747 e. The summed E-state index contributed by atoms with van der Waals surface area (Å²) in [6, 6.07) is 0. The van der Waals surface area contributed by atoms with E-state index in [4.69, 9.17) is 5.11 Å². The molecule has 23 heavy (non-hydrogen) atoms. The molecule has 0 aromatic heterocycles. The minimum atomic E-state index is -0.198. The van der Waals surface area contributed by atoms with Gasteiger partial charge in [0.05, 0.1) is 6.10 Å². The second-order valence-electron chi connectivity index (χ2n) is 6.29. The van der Waals surface area contributed by atoms with Crippen LogP contribution in [0, 0.1) is 0 Å². The van der Waals surface area contributed by atoms with E-state index in [0.29, 0.717) is 6.61 Å². The zero-order chi connectivity index (χ0) is 17.8. The number of aliphatic hydroxyl groups excluding tert-OH is 2. The van der Waals surface area contributed by atoms with E-state index in [0.717, 1.165) is 37.7 Å². The molecule has 0 aliphatic heterocycles. The quantitative estimate of drug-likeness (QED) is 0.295. The Bertz CT molecular complexity index is 259. The van der Waals surface area contributed by atoms with Gasteiger partial charge in [0, 0.05) is 6.61 Å². The molecule has 0 bridgehead atoms. The Morgan fingerprint density at radius 1 is 0.957 bits per heavy atom. The van der Waals surface area contributed by atoms with E-state index in [1.165, 1.54) is 44.9 Å². The third-order valence-corrected chi connectivity index (χ3v) is 3.95. The average molecular weight is 327 g/mol. The van der Waals surface area contributed by atoms with Crippen molar-refractivity contribution in [3.8, 4) is 0 Å². The van der Waals surface area contributed by atoms with Crippen LogP contribution in [0.2, 0.25) is 0 Å². The van der Waals surface area contributed by atoms with Gasteiger partial charge in [0.25, 0.3) is 0 Å². The van der Waals surface area contributed by atoms with Crippen LogP contribution in [0.25, 0.3) is 0 Å². The van der Waals surface area contributed by atoms with Gasteiger partial charge in [-0.1, -0.05) is 70.9 Å². The van der Waals surface area contributed by atoms with Gasteiger partial charge >= 0.3 is 0 Å². The molecule has 1 unspecified atom stereocenters. The summed E-state index contributed by atoms with van der Waals surface area (Å²) in [6.45, 7) is 10.3. The molecule has 2 N–H and O–H groups in total. The molecule has 0 aromatic rings. The lowest BCUT2D eigenvalue weighted by Gasteiger charge is -2.10. The molecule has 0 radical (unpaired) electrons. The second kappa shape index (κ2) is 21.4. The molecule has 2 nitrogen and oxygen atoms in total. The topological polar surface area (TPSA) is 40.5 Å². The third-order valence-electron chi connectivity index (χ3n) is 3.95. The summed E-state index contributed by atoms with van der Waals surface area (Å²) in [5.74, 6) is 0. The maximum atomic E-state index is 9.61. The van der Waals surface area contributed by atoms with Crippen LogP contribution in [-0.4, -0.2) is 22.9 Å². The highest BCUT2D eigenvalue weighted by atomic mass is 16.3. The van der Waals surface area contributed by atoms with E-state index in [9.17, 15) is 5.11 Å². The van der Waals surface area contributed by atoms with Crippen LogP contribution in [0.3, 0.4) is 0 Å². The first kappa shape index (κ1) is 24.6. The van der Waals surface area contributed by atoms with E-state index in [1.54, 1.807) is 0 Å². The molecule has 0 fully saturated rings. The third kappa shape index (κ3) is 21.4. The molecule has 2 heteroatoms. The Hall–Kier alpha value is -0.600. The van der Waals surface area contributed by atoms with E-state index >= 15 is 0 Å². The van der Waals surface area contributed by atoms with Gasteiger partial charge in [-0.3, -0.25) is 0 Å². The van der Waals surface area contributed by atoms with Crippen LogP contribution in [0.1, 0.15) is 97.8 Å². The lowest BCUT2D eigenvalue weighted by Crippen LogP contribution is -2.07. The van der Waals surface area contributed by atoms with Gasteiger partial charge in [-0.05, 0) is 44.6 Å². The lowest BCUT2D eigenvalue weighted by molar-refractivity contribution is 0.196. The molecule has 0 aliphatic carbocycles. The molecule has 138 valence electrons. The van der Waals surface area contributed by atoms with E-state index in [-0.39, 0.29) is 6.10 Å². The first-order valence-electron chi connectivity index (χ1n) is 9.70. The zero-order valence-electron chi connectivity index (χ0n) is 16.0. The van der Waals surface area contributed by atoms with Crippen molar-refractivity contribution >= 4 is 0 Å². The average Bonchev–Trinajstić information content (AvgIpc) is 2.55. The monoisotopic (exact) mass is 326 g/mol. The fourth-order valence-corrected chi connectivity index (χ4v) is 2.38. The van der Waals surface area contributed by atoms with Gasteiger partial charge in [0.2, 0.25) is 0 Å². The normalized spacial score (nSPS) is 12.5. The molecule has 0 saturated heterocycles. The summed E-state index contributed by atoms with van der Waals surface area (Å²) < 4.78 is 0. The Kier molecular flexibility index (Phi) is 22.9. The van der Waals surface area contributed by atoms with Gasteiger partial charge in [0.15, 0.2) is 0 Å². The molecule has 0 heterocycles. The van der Waals surface area contributed by atoms with E-state index in [2.05, 4.69) is 26.5 Å². The lowest BCUT2D eigenvalue weighted by atomic mass is 10.0. The fraction of sp³-hybridized carbons (Fsp3) is 0.810. The van der Waals surface area contributed by atoms with Crippen molar-refractivity contribution in [2.45, 2.75) is 104 Å². The zero-order valence-corrected chi connectivity index (χ0v) is 16.0. The van der Waals surface area contributed by atoms with Gasteiger partial charge in [-0.25, -0.2) is 0 Å². The number of allylic oxidation sites excluding steroid dienone is 2. The number of unbranched alkanes of at least 4 members (excludes halogenated alkanes) is 8. The van der Waals surface area contributed by atoms with Gasteiger partial charge in [0.1, 0.15) is 0 Å². The molecular weight excluding hydrogens is 284 g/mol. The standard InChI is InChI=1S/C11H22O.C10H20O/c1-4-6-7-9-11(12)10(3)8-5-2;1-2-3-4-5-6-7-8-9-10-11/h8,11-12H,4-7,9H2,1-3H3;2,11H,1,3-10H2. The summed E-state index contributed by atoms with van der Waals surface area (Å²) in [6.07, 6.45) is 17.9. The maximum absolute atomic E-state index is 9.61. The Labute approximate surface area is 145 Å². The predicted octanol–water partition coefficient (Wildman–Crippen LogP) is 6.18. The van der Waals surface area contributed by atoms with E-state index < -0.39 is 0 Å². The summed E-state index contributed by atoms with van der Waals surface area (Å²) >= 11 is 0. The Morgan fingerprint density at radius 2 is 1.57 bits per heavy atom. The van der Waals surface area contributed by atoms with Crippen LogP contribution in [0.4, 0.5) is 0 Å². The summed E-state index contributed by atoms with van der Waals surface area (Å²) in [4.78, 5) is 0. The largest absolute Gasteiger partial charge is 0.396 e. The van der Waals surface area contributed by atoms with E-state index in [1.807, 2.05) is 13.0 Å². The van der Waals surface area contributed by atoms with Crippen LogP contribution in [-0.2, 0) is 0 Å². The molecule has 1 atom stereocenters. The smallest absolute Gasteiger partial charge is 0.0747 e. The minimum Gasteiger partial charge on any atom is -0.396 e. The summed E-state index contributed by atoms with van der Waals surface area (Å²) in [5, 5.41) is 18.1. The first-order chi connectivity index (χ1) is 11.1. The van der Waals surface area contributed by atoms with Crippen LogP contribution in [0.15, 0.2) is 24.3 Å². The summed E-state index contributed by atoms with van der Waals surface area (Å²) in [7, 11) is 0. The SMILES string of the molecule is C=CCCCCCCCCO.CCC=C(C)C(O)CCCCC. The minimum absolute atomic E-state index is 0.198.